The van der Waals surface area contributed by atoms with Gasteiger partial charge in [-0.05, 0) is 48.8 Å². The van der Waals surface area contributed by atoms with Gasteiger partial charge in [-0.25, -0.2) is 0 Å². The molecule has 1 N–H and O–H groups in total. The number of carboxylic acids is 1. The van der Waals surface area contributed by atoms with Gasteiger partial charge in [0.25, 0.3) is 0 Å². The number of rotatable bonds is 4. The molecule has 1 aromatic carbocycles. The number of carbonyl (C=O) groups is 1. The molecule has 0 amide bonds. The number of ether oxygens (including phenoxy) is 1. The van der Waals surface area contributed by atoms with E-state index in [4.69, 9.17) is 4.74 Å². The zero-order chi connectivity index (χ0) is 13.8. The molecule has 0 aliphatic heterocycles. The third-order valence-electron chi connectivity index (χ3n) is 4.41. The first-order chi connectivity index (χ1) is 9.15. The molecule has 0 heterocycles. The van der Waals surface area contributed by atoms with Crippen LogP contribution < -0.4 is 4.74 Å². The summed E-state index contributed by atoms with van der Waals surface area (Å²) in [5, 5.41) is 9.25. The molecule has 19 heavy (non-hydrogen) atoms. The number of hydrogen-bond donors (Lipinski definition) is 1. The van der Waals surface area contributed by atoms with Crippen LogP contribution in [0.3, 0.4) is 0 Å². The van der Waals surface area contributed by atoms with E-state index in [0.29, 0.717) is 11.8 Å². The molecule has 1 saturated carbocycles. The van der Waals surface area contributed by atoms with E-state index in [1.54, 1.807) is 7.11 Å². The molecular formula is C16H22O3. The summed E-state index contributed by atoms with van der Waals surface area (Å²) in [7, 11) is 1.67. The van der Waals surface area contributed by atoms with E-state index < -0.39 is 5.97 Å². The van der Waals surface area contributed by atoms with Gasteiger partial charge in [0.1, 0.15) is 5.75 Å². The van der Waals surface area contributed by atoms with Crippen LogP contribution in [0.4, 0.5) is 0 Å². The molecule has 0 saturated heterocycles. The van der Waals surface area contributed by atoms with Crippen LogP contribution in [-0.4, -0.2) is 18.2 Å². The average molecular weight is 262 g/mol. The van der Waals surface area contributed by atoms with Gasteiger partial charge in [-0.2, -0.15) is 0 Å². The SMILES string of the molecule is CC[C@@H]1C[C@H](c2ccc(OC)cc2)CC[C@H]1C(=O)O. The lowest BCUT2D eigenvalue weighted by molar-refractivity contribution is -0.145. The molecule has 3 heteroatoms. The number of hydrogen-bond acceptors (Lipinski definition) is 2. The Morgan fingerprint density at radius 3 is 2.53 bits per heavy atom. The third-order valence-corrected chi connectivity index (χ3v) is 4.41. The summed E-state index contributed by atoms with van der Waals surface area (Å²) < 4.78 is 5.17. The topological polar surface area (TPSA) is 46.5 Å². The molecular weight excluding hydrogens is 240 g/mol. The summed E-state index contributed by atoms with van der Waals surface area (Å²) in [5.74, 6) is 0.888. The highest BCUT2D eigenvalue weighted by molar-refractivity contribution is 5.70. The molecule has 1 aromatic rings. The van der Waals surface area contributed by atoms with Crippen LogP contribution in [0.25, 0.3) is 0 Å². The van der Waals surface area contributed by atoms with E-state index >= 15 is 0 Å². The predicted octanol–water partition coefficient (Wildman–Crippen LogP) is 3.69. The van der Waals surface area contributed by atoms with E-state index in [2.05, 4.69) is 19.1 Å². The fourth-order valence-electron chi connectivity index (χ4n) is 3.22. The van der Waals surface area contributed by atoms with Crippen LogP contribution in [0, 0.1) is 11.8 Å². The van der Waals surface area contributed by atoms with Crippen molar-refractivity contribution in [3.63, 3.8) is 0 Å². The second kappa shape index (κ2) is 6.09. The molecule has 1 aliphatic rings. The summed E-state index contributed by atoms with van der Waals surface area (Å²) >= 11 is 0. The molecule has 1 aliphatic carbocycles. The zero-order valence-electron chi connectivity index (χ0n) is 11.6. The Bertz CT molecular complexity index is 424. The second-order valence-corrected chi connectivity index (χ2v) is 5.40. The van der Waals surface area contributed by atoms with Crippen LogP contribution in [0.15, 0.2) is 24.3 Å². The maximum Gasteiger partial charge on any atom is 0.306 e. The number of carboxylic acid groups (broad SMARTS) is 1. The van der Waals surface area contributed by atoms with Crippen molar-refractivity contribution in [3.05, 3.63) is 29.8 Å². The molecule has 0 bridgehead atoms. The monoisotopic (exact) mass is 262 g/mol. The molecule has 0 aromatic heterocycles. The van der Waals surface area contributed by atoms with Crippen molar-refractivity contribution < 1.29 is 14.6 Å². The molecule has 3 atom stereocenters. The Hall–Kier alpha value is -1.51. The van der Waals surface area contributed by atoms with Crippen molar-refractivity contribution in [1.82, 2.24) is 0 Å². The molecule has 0 radical (unpaired) electrons. The van der Waals surface area contributed by atoms with E-state index in [9.17, 15) is 9.90 Å². The van der Waals surface area contributed by atoms with Crippen LogP contribution in [0.1, 0.15) is 44.1 Å². The van der Waals surface area contributed by atoms with Crippen molar-refractivity contribution in [1.29, 1.82) is 0 Å². The highest BCUT2D eigenvalue weighted by Gasteiger charge is 2.34. The normalized spacial score (nSPS) is 26.9. The maximum atomic E-state index is 11.2. The van der Waals surface area contributed by atoms with Crippen molar-refractivity contribution >= 4 is 5.97 Å². The van der Waals surface area contributed by atoms with Gasteiger partial charge < -0.3 is 9.84 Å². The van der Waals surface area contributed by atoms with Gasteiger partial charge in [-0.3, -0.25) is 4.79 Å². The van der Waals surface area contributed by atoms with E-state index in [1.165, 1.54) is 5.56 Å². The predicted molar refractivity (Wildman–Crippen MR) is 74.5 cm³/mol. The Morgan fingerprint density at radius 1 is 1.32 bits per heavy atom. The summed E-state index contributed by atoms with van der Waals surface area (Å²) in [4.78, 5) is 11.2. The highest BCUT2D eigenvalue weighted by atomic mass is 16.5. The van der Waals surface area contributed by atoms with E-state index in [1.807, 2.05) is 12.1 Å². The number of aliphatic carboxylic acids is 1. The Balaban J connectivity index is 2.08. The molecule has 104 valence electrons. The molecule has 0 unspecified atom stereocenters. The maximum absolute atomic E-state index is 11.2. The Kier molecular flexibility index (Phi) is 4.46. The fraction of sp³-hybridized carbons (Fsp3) is 0.562. The minimum absolute atomic E-state index is 0.153. The lowest BCUT2D eigenvalue weighted by Gasteiger charge is -2.33. The Morgan fingerprint density at radius 2 is 2.00 bits per heavy atom. The second-order valence-electron chi connectivity index (χ2n) is 5.40. The molecule has 2 rings (SSSR count). The first-order valence-corrected chi connectivity index (χ1v) is 7.02. The van der Waals surface area contributed by atoms with Gasteiger partial charge >= 0.3 is 5.97 Å². The average Bonchev–Trinajstić information content (AvgIpc) is 2.46. The van der Waals surface area contributed by atoms with Crippen molar-refractivity contribution in [3.8, 4) is 5.75 Å². The first kappa shape index (κ1) is 13.9. The van der Waals surface area contributed by atoms with E-state index in [-0.39, 0.29) is 5.92 Å². The molecule has 1 fully saturated rings. The lowest BCUT2D eigenvalue weighted by Crippen LogP contribution is -2.29. The highest BCUT2D eigenvalue weighted by Crippen LogP contribution is 2.41. The summed E-state index contributed by atoms with van der Waals surface area (Å²) in [5.41, 5.74) is 1.31. The first-order valence-electron chi connectivity index (χ1n) is 7.02. The van der Waals surface area contributed by atoms with Gasteiger partial charge in [0.15, 0.2) is 0 Å². The lowest BCUT2D eigenvalue weighted by atomic mass is 9.71. The summed E-state index contributed by atoms with van der Waals surface area (Å²) in [6.07, 6.45) is 3.70. The zero-order valence-corrected chi connectivity index (χ0v) is 11.6. The van der Waals surface area contributed by atoms with Crippen molar-refractivity contribution in [2.75, 3.05) is 7.11 Å². The standard InChI is InChI=1S/C16H22O3/c1-3-11-10-13(6-9-15(11)16(17)18)12-4-7-14(19-2)8-5-12/h4-5,7-8,11,13,15H,3,6,9-10H2,1-2H3,(H,17,18)/t11-,13-,15-/m1/s1. The van der Waals surface area contributed by atoms with Gasteiger partial charge in [0.05, 0.1) is 13.0 Å². The van der Waals surface area contributed by atoms with Crippen LogP contribution in [-0.2, 0) is 4.79 Å². The van der Waals surface area contributed by atoms with Gasteiger partial charge in [-0.1, -0.05) is 25.5 Å². The summed E-state index contributed by atoms with van der Waals surface area (Å²) in [6, 6.07) is 8.19. The van der Waals surface area contributed by atoms with Gasteiger partial charge in [-0.15, -0.1) is 0 Å². The smallest absolute Gasteiger partial charge is 0.306 e. The Labute approximate surface area is 114 Å². The third kappa shape index (κ3) is 3.09. The molecule has 3 nitrogen and oxygen atoms in total. The van der Waals surface area contributed by atoms with Gasteiger partial charge in [0.2, 0.25) is 0 Å². The van der Waals surface area contributed by atoms with Crippen LogP contribution in [0.5, 0.6) is 5.75 Å². The van der Waals surface area contributed by atoms with E-state index in [0.717, 1.165) is 31.4 Å². The fourth-order valence-corrected chi connectivity index (χ4v) is 3.22. The minimum atomic E-state index is -0.625. The van der Waals surface area contributed by atoms with Crippen molar-refractivity contribution in [2.24, 2.45) is 11.8 Å². The summed E-state index contributed by atoms with van der Waals surface area (Å²) in [6.45, 7) is 2.09. The van der Waals surface area contributed by atoms with Gasteiger partial charge in [0, 0.05) is 0 Å². The van der Waals surface area contributed by atoms with Crippen LogP contribution >= 0.6 is 0 Å². The number of methoxy groups -OCH3 is 1. The number of benzene rings is 1. The molecule has 0 spiro atoms. The quantitative estimate of drug-likeness (QED) is 0.900. The van der Waals surface area contributed by atoms with Crippen LogP contribution in [0.2, 0.25) is 0 Å². The largest absolute Gasteiger partial charge is 0.497 e. The minimum Gasteiger partial charge on any atom is -0.497 e. The van der Waals surface area contributed by atoms with Crippen molar-refractivity contribution in [2.45, 2.75) is 38.5 Å².